The molecule has 0 aromatic rings. The lowest BCUT2D eigenvalue weighted by Crippen LogP contribution is -2.53. The van der Waals surface area contributed by atoms with E-state index in [2.05, 4.69) is 20.8 Å². The summed E-state index contributed by atoms with van der Waals surface area (Å²) in [6.07, 6.45) is -0.183. The summed E-state index contributed by atoms with van der Waals surface area (Å²) in [4.78, 5) is 37.3. The fourth-order valence-corrected chi connectivity index (χ4v) is 3.53. The lowest BCUT2D eigenvalue weighted by Gasteiger charge is -2.40. The van der Waals surface area contributed by atoms with Crippen LogP contribution in [-0.4, -0.2) is 49.3 Å². The number of amides is 2. The van der Waals surface area contributed by atoms with E-state index < -0.39 is 32.2 Å². The van der Waals surface area contributed by atoms with Gasteiger partial charge in [0.05, 0.1) is 6.04 Å². The van der Waals surface area contributed by atoms with E-state index in [1.165, 1.54) is 0 Å². The first-order valence-corrected chi connectivity index (χ1v) is 11.3. The standard InChI is InChI=1S/C17H31NO5Si/c1-16(2,3)22-15(21)18-12(9-10-14(18)20)13(11-19)23-24(7,8)17(4,5)6/h11-13H,9-10H2,1-8H3/t12-,13-/m1/s1. The molecular weight excluding hydrogens is 326 g/mol. The molecule has 1 heterocycles. The second kappa shape index (κ2) is 6.96. The highest BCUT2D eigenvalue weighted by atomic mass is 28.4. The number of nitrogens with zero attached hydrogens (tertiary/aromatic N) is 1. The van der Waals surface area contributed by atoms with Crippen molar-refractivity contribution >= 4 is 26.6 Å². The van der Waals surface area contributed by atoms with Crippen molar-refractivity contribution in [2.24, 2.45) is 0 Å². The molecule has 138 valence electrons. The van der Waals surface area contributed by atoms with E-state index in [1.54, 1.807) is 20.8 Å². The van der Waals surface area contributed by atoms with Gasteiger partial charge in [-0.15, -0.1) is 0 Å². The first kappa shape index (κ1) is 20.8. The van der Waals surface area contributed by atoms with Gasteiger partial charge in [-0.1, -0.05) is 20.8 Å². The van der Waals surface area contributed by atoms with E-state index >= 15 is 0 Å². The van der Waals surface area contributed by atoms with Crippen LogP contribution in [0.2, 0.25) is 18.1 Å². The maximum Gasteiger partial charge on any atom is 0.417 e. The smallest absolute Gasteiger partial charge is 0.417 e. The molecule has 1 aliphatic heterocycles. The van der Waals surface area contributed by atoms with Crippen molar-refractivity contribution in [2.75, 3.05) is 0 Å². The molecule has 1 rings (SSSR count). The number of carbonyl (C=O) groups excluding carboxylic acids is 3. The van der Waals surface area contributed by atoms with Gasteiger partial charge in [0.25, 0.3) is 0 Å². The van der Waals surface area contributed by atoms with Crippen molar-refractivity contribution in [2.45, 2.75) is 90.3 Å². The molecule has 0 radical (unpaired) electrons. The van der Waals surface area contributed by atoms with Gasteiger partial charge in [-0.2, -0.15) is 0 Å². The predicted octanol–water partition coefficient (Wildman–Crippen LogP) is 3.50. The van der Waals surface area contributed by atoms with Gasteiger partial charge in [0, 0.05) is 6.42 Å². The Labute approximate surface area is 146 Å². The molecular formula is C17H31NO5Si. The molecule has 0 spiro atoms. The number of hydrogen-bond donors (Lipinski definition) is 0. The van der Waals surface area contributed by atoms with Crippen molar-refractivity contribution in [3.05, 3.63) is 0 Å². The van der Waals surface area contributed by atoms with Gasteiger partial charge in [-0.05, 0) is 45.3 Å². The maximum absolute atomic E-state index is 12.4. The largest absolute Gasteiger partial charge is 0.443 e. The molecule has 0 unspecified atom stereocenters. The quantitative estimate of drug-likeness (QED) is 0.569. The average Bonchev–Trinajstić information content (AvgIpc) is 2.74. The van der Waals surface area contributed by atoms with E-state index in [0.29, 0.717) is 12.7 Å². The molecule has 2 amide bonds. The Morgan fingerprint density at radius 3 is 2.21 bits per heavy atom. The van der Waals surface area contributed by atoms with Crippen LogP contribution < -0.4 is 0 Å². The molecule has 2 atom stereocenters. The minimum atomic E-state index is -2.21. The fourth-order valence-electron chi connectivity index (χ4n) is 2.28. The zero-order chi connectivity index (χ0) is 18.9. The Kier molecular flexibility index (Phi) is 6.04. The van der Waals surface area contributed by atoms with Crippen LogP contribution in [0.25, 0.3) is 0 Å². The normalized spacial score (nSPS) is 20.9. The molecule has 1 saturated heterocycles. The maximum atomic E-state index is 12.4. The lowest BCUT2D eigenvalue weighted by molar-refractivity contribution is -0.130. The second-order valence-electron chi connectivity index (χ2n) is 8.83. The second-order valence-corrected chi connectivity index (χ2v) is 13.6. The lowest BCUT2D eigenvalue weighted by atomic mass is 10.1. The van der Waals surface area contributed by atoms with Gasteiger partial charge >= 0.3 is 6.09 Å². The summed E-state index contributed by atoms with van der Waals surface area (Å²) < 4.78 is 11.5. The van der Waals surface area contributed by atoms with E-state index in [9.17, 15) is 14.4 Å². The molecule has 0 aromatic carbocycles. The summed E-state index contributed by atoms with van der Waals surface area (Å²) in [5.74, 6) is -0.320. The summed E-state index contributed by atoms with van der Waals surface area (Å²) in [6, 6.07) is -0.598. The third-order valence-corrected chi connectivity index (χ3v) is 9.07. The minimum Gasteiger partial charge on any atom is -0.443 e. The third kappa shape index (κ3) is 4.89. The molecule has 0 N–H and O–H groups in total. The Morgan fingerprint density at radius 2 is 1.79 bits per heavy atom. The first-order chi connectivity index (χ1) is 10.7. The summed E-state index contributed by atoms with van der Waals surface area (Å²) in [5.41, 5.74) is -0.707. The minimum absolute atomic E-state index is 0.0758. The number of aldehydes is 1. The van der Waals surface area contributed by atoms with Crippen LogP contribution in [0.1, 0.15) is 54.4 Å². The monoisotopic (exact) mass is 357 g/mol. The number of ether oxygens (including phenoxy) is 1. The van der Waals surface area contributed by atoms with Crippen molar-refractivity contribution in [1.29, 1.82) is 0 Å². The van der Waals surface area contributed by atoms with Crippen LogP contribution in [-0.2, 0) is 18.8 Å². The molecule has 0 aromatic heterocycles. The van der Waals surface area contributed by atoms with Crippen LogP contribution in [0.3, 0.4) is 0 Å². The zero-order valence-electron chi connectivity index (χ0n) is 16.1. The Bertz CT molecular complexity index is 504. The summed E-state index contributed by atoms with van der Waals surface area (Å²) in [6.45, 7) is 15.5. The van der Waals surface area contributed by atoms with E-state index in [0.717, 1.165) is 4.90 Å². The fraction of sp³-hybridized carbons (Fsp3) is 0.824. The Hall–Kier alpha value is -1.21. The van der Waals surface area contributed by atoms with Crippen molar-refractivity contribution in [3.63, 3.8) is 0 Å². The highest BCUT2D eigenvalue weighted by molar-refractivity contribution is 6.74. The third-order valence-electron chi connectivity index (χ3n) is 4.59. The van der Waals surface area contributed by atoms with Crippen molar-refractivity contribution in [3.8, 4) is 0 Å². The van der Waals surface area contributed by atoms with Crippen molar-refractivity contribution in [1.82, 2.24) is 4.90 Å². The highest BCUT2D eigenvalue weighted by Crippen LogP contribution is 2.38. The molecule has 24 heavy (non-hydrogen) atoms. The Morgan fingerprint density at radius 1 is 1.25 bits per heavy atom. The number of likely N-dealkylation sites (tertiary alicyclic amines) is 1. The Balaban J connectivity index is 3.01. The van der Waals surface area contributed by atoms with Gasteiger partial charge < -0.3 is 14.0 Å². The highest BCUT2D eigenvalue weighted by Gasteiger charge is 2.47. The zero-order valence-corrected chi connectivity index (χ0v) is 17.1. The summed E-state index contributed by atoms with van der Waals surface area (Å²) >= 11 is 0. The first-order valence-electron chi connectivity index (χ1n) is 8.38. The SMILES string of the molecule is CC(C)(C)OC(=O)N1C(=O)CC[C@@H]1[C@@H](C=O)O[Si](C)(C)C(C)(C)C. The number of imide groups is 1. The number of carbonyl (C=O) groups is 3. The summed E-state index contributed by atoms with van der Waals surface area (Å²) in [7, 11) is -2.21. The molecule has 0 aliphatic carbocycles. The molecule has 6 nitrogen and oxygen atoms in total. The average molecular weight is 358 g/mol. The van der Waals surface area contributed by atoms with Gasteiger partial charge in [-0.25, -0.2) is 9.69 Å². The van der Waals surface area contributed by atoms with Gasteiger partial charge in [0.1, 0.15) is 18.0 Å². The van der Waals surface area contributed by atoms with E-state index in [1.807, 2.05) is 13.1 Å². The topological polar surface area (TPSA) is 72.9 Å². The molecule has 0 saturated carbocycles. The number of hydrogen-bond acceptors (Lipinski definition) is 5. The van der Waals surface area contributed by atoms with E-state index in [4.69, 9.17) is 9.16 Å². The van der Waals surface area contributed by atoms with Crippen LogP contribution in [0, 0.1) is 0 Å². The van der Waals surface area contributed by atoms with Gasteiger partial charge in [-0.3, -0.25) is 4.79 Å². The van der Waals surface area contributed by atoms with Crippen LogP contribution in [0.15, 0.2) is 0 Å². The van der Waals surface area contributed by atoms with Crippen molar-refractivity contribution < 1.29 is 23.5 Å². The van der Waals surface area contributed by atoms with Crippen LogP contribution in [0.4, 0.5) is 4.79 Å². The van der Waals surface area contributed by atoms with Crippen LogP contribution >= 0.6 is 0 Å². The van der Waals surface area contributed by atoms with E-state index in [-0.39, 0.29) is 17.4 Å². The molecule has 1 fully saturated rings. The van der Waals surface area contributed by atoms with Gasteiger partial charge in [0.2, 0.25) is 5.91 Å². The predicted molar refractivity (Wildman–Crippen MR) is 94.2 cm³/mol. The summed E-state index contributed by atoms with van der Waals surface area (Å²) in [5, 5.41) is -0.0758. The number of rotatable bonds is 4. The van der Waals surface area contributed by atoms with Gasteiger partial charge in [0.15, 0.2) is 8.32 Å². The molecule has 7 heteroatoms. The molecule has 1 aliphatic rings. The van der Waals surface area contributed by atoms with Crippen LogP contribution in [0.5, 0.6) is 0 Å². The molecule has 0 bridgehead atoms.